The average molecular weight is 275 g/mol. The molecule has 15 heavy (non-hydrogen) atoms. The van der Waals surface area contributed by atoms with Crippen molar-refractivity contribution in [1.29, 1.82) is 0 Å². The van der Waals surface area contributed by atoms with Gasteiger partial charge in [0.2, 0.25) is 0 Å². The van der Waals surface area contributed by atoms with Crippen LogP contribution < -0.4 is 11.3 Å². The molecule has 0 aliphatic carbocycles. The van der Waals surface area contributed by atoms with Crippen LogP contribution in [0.1, 0.15) is 5.56 Å². The van der Waals surface area contributed by atoms with Crippen LogP contribution in [0.3, 0.4) is 0 Å². The number of carbonyl (C=O) groups is 1. The summed E-state index contributed by atoms with van der Waals surface area (Å²) in [5, 5.41) is 8.62. The summed E-state index contributed by atoms with van der Waals surface area (Å²) in [7, 11) is 0. The zero-order chi connectivity index (χ0) is 11.6. The summed E-state index contributed by atoms with van der Waals surface area (Å²) in [6.07, 6.45) is 1.53. The van der Waals surface area contributed by atoms with Gasteiger partial charge in [-0.1, -0.05) is 0 Å². The standard InChI is InChI=1S/C9H11BrN2O3/c1-5-2-6(10)3-12(8(5)13)4-7(11)9(14)15/h2-3,7H,4,11H2,1H3,(H,14,15). The van der Waals surface area contributed by atoms with Gasteiger partial charge < -0.3 is 15.4 Å². The molecule has 0 saturated heterocycles. The summed E-state index contributed by atoms with van der Waals surface area (Å²) in [4.78, 5) is 22.1. The van der Waals surface area contributed by atoms with E-state index in [2.05, 4.69) is 15.9 Å². The number of aryl methyl sites for hydroxylation is 1. The van der Waals surface area contributed by atoms with Crippen molar-refractivity contribution in [2.24, 2.45) is 5.73 Å². The van der Waals surface area contributed by atoms with Crippen molar-refractivity contribution in [3.05, 3.63) is 32.7 Å². The van der Waals surface area contributed by atoms with Crippen LogP contribution >= 0.6 is 15.9 Å². The van der Waals surface area contributed by atoms with Crippen molar-refractivity contribution in [3.8, 4) is 0 Å². The summed E-state index contributed by atoms with van der Waals surface area (Å²) >= 11 is 3.23. The highest BCUT2D eigenvalue weighted by Gasteiger charge is 2.13. The Morgan fingerprint density at radius 3 is 2.87 bits per heavy atom. The number of halogens is 1. The fourth-order valence-electron chi connectivity index (χ4n) is 1.17. The minimum Gasteiger partial charge on any atom is -0.480 e. The lowest BCUT2D eigenvalue weighted by Crippen LogP contribution is -2.38. The quantitative estimate of drug-likeness (QED) is 0.832. The fraction of sp³-hybridized carbons (Fsp3) is 0.333. The fourth-order valence-corrected chi connectivity index (χ4v) is 1.76. The summed E-state index contributed by atoms with van der Waals surface area (Å²) < 4.78 is 2.01. The maximum absolute atomic E-state index is 11.6. The zero-order valence-electron chi connectivity index (χ0n) is 8.11. The Kier molecular flexibility index (Phi) is 3.65. The van der Waals surface area contributed by atoms with E-state index >= 15 is 0 Å². The van der Waals surface area contributed by atoms with Crippen molar-refractivity contribution in [1.82, 2.24) is 4.57 Å². The first-order valence-corrected chi connectivity index (χ1v) is 5.06. The molecule has 1 rings (SSSR count). The van der Waals surface area contributed by atoms with Crippen molar-refractivity contribution in [3.63, 3.8) is 0 Å². The van der Waals surface area contributed by atoms with Crippen LogP contribution in [0, 0.1) is 6.92 Å². The lowest BCUT2D eigenvalue weighted by molar-refractivity contribution is -0.138. The van der Waals surface area contributed by atoms with Gasteiger partial charge in [-0.3, -0.25) is 9.59 Å². The van der Waals surface area contributed by atoms with Gasteiger partial charge in [-0.25, -0.2) is 0 Å². The summed E-state index contributed by atoms with van der Waals surface area (Å²) in [5.41, 5.74) is 5.66. The Hall–Kier alpha value is -1.14. The number of hydrogen-bond donors (Lipinski definition) is 2. The van der Waals surface area contributed by atoms with Crippen LogP contribution in [0.4, 0.5) is 0 Å². The van der Waals surface area contributed by atoms with Gasteiger partial charge in [0.25, 0.3) is 5.56 Å². The van der Waals surface area contributed by atoms with E-state index in [9.17, 15) is 9.59 Å². The maximum Gasteiger partial charge on any atom is 0.322 e. The zero-order valence-corrected chi connectivity index (χ0v) is 9.69. The number of nitrogens with zero attached hydrogens (tertiary/aromatic N) is 1. The molecular weight excluding hydrogens is 264 g/mol. The molecule has 1 aromatic heterocycles. The Morgan fingerprint density at radius 2 is 2.33 bits per heavy atom. The third-order valence-electron chi connectivity index (χ3n) is 1.94. The Balaban J connectivity index is 3.05. The van der Waals surface area contributed by atoms with Gasteiger partial charge in [0.1, 0.15) is 6.04 Å². The largest absolute Gasteiger partial charge is 0.480 e. The first kappa shape index (κ1) is 11.9. The number of carboxylic acid groups (broad SMARTS) is 1. The SMILES string of the molecule is Cc1cc(Br)cn(CC(N)C(=O)O)c1=O. The molecule has 0 radical (unpaired) electrons. The second kappa shape index (κ2) is 4.59. The molecule has 5 nitrogen and oxygen atoms in total. The van der Waals surface area contributed by atoms with Crippen LogP contribution in [0.15, 0.2) is 21.5 Å². The van der Waals surface area contributed by atoms with E-state index in [4.69, 9.17) is 10.8 Å². The molecule has 0 saturated carbocycles. The van der Waals surface area contributed by atoms with E-state index in [1.807, 2.05) is 0 Å². The number of nitrogens with two attached hydrogens (primary N) is 1. The predicted octanol–water partition coefficient (Wildman–Crippen LogP) is 0.331. The molecule has 0 aromatic carbocycles. The number of rotatable bonds is 3. The maximum atomic E-state index is 11.6. The van der Waals surface area contributed by atoms with Crippen molar-refractivity contribution in [2.45, 2.75) is 19.5 Å². The average Bonchev–Trinajstić information content (AvgIpc) is 2.13. The highest BCUT2D eigenvalue weighted by atomic mass is 79.9. The Labute approximate surface area is 94.6 Å². The second-order valence-electron chi connectivity index (χ2n) is 3.24. The lowest BCUT2D eigenvalue weighted by atomic mass is 10.2. The summed E-state index contributed by atoms with van der Waals surface area (Å²) in [5.74, 6) is -1.13. The van der Waals surface area contributed by atoms with Gasteiger partial charge in [0.05, 0.1) is 6.54 Å². The van der Waals surface area contributed by atoms with Gasteiger partial charge in [-0.15, -0.1) is 0 Å². The molecule has 1 unspecified atom stereocenters. The first-order chi connectivity index (χ1) is 6.91. The number of pyridine rings is 1. The molecule has 0 bridgehead atoms. The first-order valence-electron chi connectivity index (χ1n) is 4.27. The number of hydrogen-bond acceptors (Lipinski definition) is 3. The topological polar surface area (TPSA) is 85.3 Å². The molecule has 1 aromatic rings. The minimum absolute atomic E-state index is 0.0333. The van der Waals surface area contributed by atoms with Gasteiger partial charge >= 0.3 is 5.97 Å². The van der Waals surface area contributed by atoms with Gasteiger partial charge in [-0.2, -0.15) is 0 Å². The Bertz CT molecular complexity index is 441. The van der Waals surface area contributed by atoms with E-state index in [0.717, 1.165) is 4.47 Å². The molecule has 1 atom stereocenters. The van der Waals surface area contributed by atoms with E-state index in [1.165, 1.54) is 10.8 Å². The van der Waals surface area contributed by atoms with Crippen molar-refractivity contribution < 1.29 is 9.90 Å². The molecular formula is C9H11BrN2O3. The molecule has 0 aliphatic rings. The molecule has 6 heteroatoms. The second-order valence-corrected chi connectivity index (χ2v) is 4.16. The highest BCUT2D eigenvalue weighted by molar-refractivity contribution is 9.10. The van der Waals surface area contributed by atoms with Gasteiger partial charge in [0.15, 0.2) is 0 Å². The predicted molar refractivity (Wildman–Crippen MR) is 58.8 cm³/mol. The summed E-state index contributed by atoms with van der Waals surface area (Å²) in [6.45, 7) is 1.63. The van der Waals surface area contributed by atoms with E-state index in [0.29, 0.717) is 5.56 Å². The number of aliphatic carboxylic acids is 1. The molecule has 3 N–H and O–H groups in total. The van der Waals surface area contributed by atoms with Crippen LogP contribution in [-0.4, -0.2) is 21.7 Å². The lowest BCUT2D eigenvalue weighted by Gasteiger charge is -2.10. The van der Waals surface area contributed by atoms with E-state index in [-0.39, 0.29) is 12.1 Å². The smallest absolute Gasteiger partial charge is 0.322 e. The van der Waals surface area contributed by atoms with E-state index < -0.39 is 12.0 Å². The van der Waals surface area contributed by atoms with Crippen LogP contribution in [0.25, 0.3) is 0 Å². The molecule has 0 spiro atoms. The van der Waals surface area contributed by atoms with Crippen LogP contribution in [-0.2, 0) is 11.3 Å². The molecule has 82 valence electrons. The normalized spacial score (nSPS) is 12.5. The highest BCUT2D eigenvalue weighted by Crippen LogP contribution is 2.08. The Morgan fingerprint density at radius 1 is 1.73 bits per heavy atom. The third kappa shape index (κ3) is 2.90. The van der Waals surface area contributed by atoms with Crippen molar-refractivity contribution >= 4 is 21.9 Å². The minimum atomic E-state index is -1.13. The number of aromatic nitrogens is 1. The third-order valence-corrected chi connectivity index (χ3v) is 2.38. The van der Waals surface area contributed by atoms with Crippen LogP contribution in [0.2, 0.25) is 0 Å². The molecule has 1 heterocycles. The van der Waals surface area contributed by atoms with Crippen molar-refractivity contribution in [2.75, 3.05) is 0 Å². The van der Waals surface area contributed by atoms with Gasteiger partial charge in [0, 0.05) is 16.2 Å². The number of carboxylic acids is 1. The van der Waals surface area contributed by atoms with Crippen LogP contribution in [0.5, 0.6) is 0 Å². The molecule has 0 amide bonds. The van der Waals surface area contributed by atoms with Gasteiger partial charge in [-0.05, 0) is 28.9 Å². The van der Waals surface area contributed by atoms with E-state index in [1.54, 1.807) is 13.0 Å². The summed E-state index contributed by atoms with van der Waals surface area (Å²) in [6, 6.07) is 0.599. The molecule has 0 aliphatic heterocycles. The monoisotopic (exact) mass is 274 g/mol. The molecule has 0 fully saturated rings.